The van der Waals surface area contributed by atoms with Crippen molar-refractivity contribution in [1.29, 1.82) is 0 Å². The highest BCUT2D eigenvalue weighted by Crippen LogP contribution is 2.39. The highest BCUT2D eigenvalue weighted by molar-refractivity contribution is 9.10. The van der Waals surface area contributed by atoms with Gasteiger partial charge in [0.2, 0.25) is 0 Å². The highest BCUT2D eigenvalue weighted by atomic mass is 79.9. The summed E-state index contributed by atoms with van der Waals surface area (Å²) in [6.07, 6.45) is 1.65. The molecule has 0 spiro atoms. The van der Waals surface area contributed by atoms with Crippen LogP contribution < -0.4 is 9.47 Å². The van der Waals surface area contributed by atoms with E-state index >= 15 is 0 Å². The molecule has 0 aliphatic carbocycles. The summed E-state index contributed by atoms with van der Waals surface area (Å²) in [5, 5.41) is 0.0840. The summed E-state index contributed by atoms with van der Waals surface area (Å²) in [5.41, 5.74) is 1.53. The average molecular weight is 497 g/mol. The Morgan fingerprint density at radius 3 is 2.59 bits per heavy atom. The molecule has 2 aromatic carbocycles. The molecule has 2 aromatic rings. The number of ether oxygens (including phenoxy) is 2. The molecule has 0 radical (unpaired) electrons. The Kier molecular flexibility index (Phi) is 7.27. The standard InChI is InChI=1S/C21H19BrClNO4S/c1-3-27-17-10-14(9-16(23)19(17)28-4-2)11-18-20(25)24(21(26)29-18)12-13-6-5-7-15(22)8-13/h5-11H,3-4,12H2,1-2H3/b18-11+. The number of carbonyl (C=O) groups is 2. The van der Waals surface area contributed by atoms with E-state index < -0.39 is 0 Å². The number of hydrogen-bond donors (Lipinski definition) is 0. The van der Waals surface area contributed by atoms with Gasteiger partial charge in [0, 0.05) is 4.47 Å². The SMILES string of the molecule is CCOc1cc(/C=C2/SC(=O)N(Cc3cccc(Br)c3)C2=O)cc(Cl)c1OCC. The first-order valence-corrected chi connectivity index (χ1v) is 11.0. The van der Waals surface area contributed by atoms with Crippen LogP contribution in [0, 0.1) is 0 Å². The number of rotatable bonds is 7. The molecule has 1 saturated heterocycles. The number of amides is 2. The van der Waals surface area contributed by atoms with Crippen LogP contribution in [0.2, 0.25) is 5.02 Å². The summed E-state index contributed by atoms with van der Waals surface area (Å²) >= 11 is 10.7. The van der Waals surface area contributed by atoms with E-state index in [1.807, 2.05) is 38.1 Å². The van der Waals surface area contributed by atoms with Gasteiger partial charge in [-0.3, -0.25) is 14.5 Å². The van der Waals surface area contributed by atoms with E-state index in [1.165, 1.54) is 4.90 Å². The molecule has 1 aliphatic rings. The fourth-order valence-corrected chi connectivity index (χ4v) is 4.38. The van der Waals surface area contributed by atoms with Gasteiger partial charge in [-0.25, -0.2) is 0 Å². The lowest BCUT2D eigenvalue weighted by molar-refractivity contribution is -0.123. The topological polar surface area (TPSA) is 55.8 Å². The number of halogens is 2. The van der Waals surface area contributed by atoms with Crippen LogP contribution in [0.15, 0.2) is 45.8 Å². The van der Waals surface area contributed by atoms with Crippen LogP contribution in [0.1, 0.15) is 25.0 Å². The molecule has 5 nitrogen and oxygen atoms in total. The van der Waals surface area contributed by atoms with Crippen LogP contribution in [0.3, 0.4) is 0 Å². The lowest BCUT2D eigenvalue weighted by Gasteiger charge is -2.14. The van der Waals surface area contributed by atoms with E-state index in [4.69, 9.17) is 21.1 Å². The quantitative estimate of drug-likeness (QED) is 0.431. The van der Waals surface area contributed by atoms with E-state index in [0.29, 0.717) is 40.2 Å². The van der Waals surface area contributed by atoms with E-state index in [2.05, 4.69) is 15.9 Å². The summed E-state index contributed by atoms with van der Waals surface area (Å²) in [6.45, 7) is 4.84. The van der Waals surface area contributed by atoms with Gasteiger partial charge < -0.3 is 9.47 Å². The number of carbonyl (C=O) groups excluding carboxylic acids is 2. The Labute approximate surface area is 187 Å². The molecule has 1 heterocycles. The Morgan fingerprint density at radius 2 is 1.90 bits per heavy atom. The zero-order valence-electron chi connectivity index (χ0n) is 15.9. The van der Waals surface area contributed by atoms with E-state index in [0.717, 1.165) is 21.8 Å². The van der Waals surface area contributed by atoms with Crippen LogP contribution >= 0.6 is 39.3 Å². The second kappa shape index (κ2) is 9.69. The van der Waals surface area contributed by atoms with E-state index in [-0.39, 0.29) is 17.7 Å². The molecular formula is C21H19BrClNO4S. The zero-order chi connectivity index (χ0) is 21.0. The van der Waals surface area contributed by atoms with E-state index in [9.17, 15) is 9.59 Å². The molecular weight excluding hydrogens is 478 g/mol. The minimum absolute atomic E-state index is 0.218. The van der Waals surface area contributed by atoms with Gasteiger partial charge in [0.15, 0.2) is 11.5 Å². The third-order valence-corrected chi connectivity index (χ3v) is 5.70. The zero-order valence-corrected chi connectivity index (χ0v) is 19.1. The molecule has 0 saturated carbocycles. The molecule has 0 bridgehead atoms. The summed E-state index contributed by atoms with van der Waals surface area (Å²) in [7, 11) is 0. The van der Waals surface area contributed by atoms with Crippen LogP contribution in [0.25, 0.3) is 6.08 Å². The second-order valence-corrected chi connectivity index (χ2v) is 8.41. The minimum Gasteiger partial charge on any atom is -0.490 e. The maximum absolute atomic E-state index is 12.8. The van der Waals surface area contributed by atoms with Crippen molar-refractivity contribution in [1.82, 2.24) is 4.90 Å². The smallest absolute Gasteiger partial charge is 0.293 e. The highest BCUT2D eigenvalue weighted by Gasteiger charge is 2.35. The molecule has 29 heavy (non-hydrogen) atoms. The second-order valence-electron chi connectivity index (χ2n) is 6.09. The predicted octanol–water partition coefficient (Wildman–Crippen LogP) is 6.14. The first kappa shape index (κ1) is 21.7. The lowest BCUT2D eigenvalue weighted by Crippen LogP contribution is -2.27. The van der Waals surface area contributed by atoms with Crippen molar-refractivity contribution in [3.05, 3.63) is 61.9 Å². The molecule has 0 aromatic heterocycles. The van der Waals surface area contributed by atoms with Gasteiger partial charge in [-0.1, -0.05) is 39.7 Å². The molecule has 8 heteroatoms. The molecule has 2 amide bonds. The fraction of sp³-hybridized carbons (Fsp3) is 0.238. The Hall–Kier alpha value is -1.96. The Bertz CT molecular complexity index is 979. The summed E-state index contributed by atoms with van der Waals surface area (Å²) < 4.78 is 12.1. The lowest BCUT2D eigenvalue weighted by atomic mass is 10.1. The number of imide groups is 1. The van der Waals surface area contributed by atoms with Gasteiger partial charge in [0.1, 0.15) is 0 Å². The third kappa shape index (κ3) is 5.15. The number of hydrogen-bond acceptors (Lipinski definition) is 5. The van der Waals surface area contributed by atoms with Crippen LogP contribution in [-0.4, -0.2) is 29.3 Å². The first-order valence-electron chi connectivity index (χ1n) is 9.01. The fourth-order valence-electron chi connectivity index (χ4n) is 2.82. The average Bonchev–Trinajstić information content (AvgIpc) is 2.92. The van der Waals surface area contributed by atoms with Crippen LogP contribution in [-0.2, 0) is 11.3 Å². The molecule has 1 aliphatic heterocycles. The van der Waals surface area contributed by atoms with Crippen LogP contribution in [0.4, 0.5) is 4.79 Å². The molecule has 152 valence electrons. The maximum Gasteiger partial charge on any atom is 0.293 e. The molecule has 1 fully saturated rings. The number of thioether (sulfide) groups is 1. The third-order valence-electron chi connectivity index (χ3n) is 4.02. The van der Waals surface area contributed by atoms with Gasteiger partial charge >= 0.3 is 0 Å². The summed E-state index contributed by atoms with van der Waals surface area (Å²) in [5.74, 6) is 0.639. The van der Waals surface area contributed by atoms with Crippen molar-refractivity contribution in [2.24, 2.45) is 0 Å². The van der Waals surface area contributed by atoms with Crippen molar-refractivity contribution in [3.8, 4) is 11.5 Å². The Morgan fingerprint density at radius 1 is 1.14 bits per heavy atom. The Balaban J connectivity index is 1.87. The van der Waals surface area contributed by atoms with Gasteiger partial charge in [-0.05, 0) is 67.1 Å². The monoisotopic (exact) mass is 495 g/mol. The first-order chi connectivity index (χ1) is 13.9. The van der Waals surface area contributed by atoms with Crippen molar-refractivity contribution >= 4 is 56.5 Å². The molecule has 3 rings (SSSR count). The molecule has 0 unspecified atom stereocenters. The van der Waals surface area contributed by atoms with Gasteiger partial charge in [0.05, 0.1) is 29.7 Å². The van der Waals surface area contributed by atoms with Crippen molar-refractivity contribution < 1.29 is 19.1 Å². The summed E-state index contributed by atoms with van der Waals surface area (Å²) in [6, 6.07) is 11.0. The van der Waals surface area contributed by atoms with Gasteiger partial charge in [0.25, 0.3) is 11.1 Å². The van der Waals surface area contributed by atoms with Crippen molar-refractivity contribution in [2.75, 3.05) is 13.2 Å². The van der Waals surface area contributed by atoms with Crippen LogP contribution in [0.5, 0.6) is 11.5 Å². The predicted molar refractivity (Wildman–Crippen MR) is 119 cm³/mol. The van der Waals surface area contributed by atoms with Gasteiger partial charge in [-0.2, -0.15) is 0 Å². The normalized spacial score (nSPS) is 15.3. The van der Waals surface area contributed by atoms with Crippen molar-refractivity contribution in [2.45, 2.75) is 20.4 Å². The molecule has 0 atom stereocenters. The maximum atomic E-state index is 12.8. The molecule has 0 N–H and O–H groups in total. The summed E-state index contributed by atoms with van der Waals surface area (Å²) in [4.78, 5) is 26.8. The van der Waals surface area contributed by atoms with Crippen molar-refractivity contribution in [3.63, 3.8) is 0 Å². The largest absolute Gasteiger partial charge is 0.490 e. The van der Waals surface area contributed by atoms with E-state index in [1.54, 1.807) is 18.2 Å². The minimum atomic E-state index is -0.331. The number of benzene rings is 2. The number of nitrogens with zero attached hydrogens (tertiary/aromatic N) is 1. The van der Waals surface area contributed by atoms with Gasteiger partial charge in [-0.15, -0.1) is 0 Å².